The fraction of sp³-hybridized carbons (Fsp3) is 0. The Morgan fingerprint density at radius 2 is 1.82 bits per heavy atom. The standard InChI is InChI=1S/C12H9NO4/c14-11-7-10(5-6-13-11)17-9-3-1-8(2-4-9)12(15)16/h1-7H,(H,13,14)(H,15,16). The Bertz CT molecular complexity index is 586. The molecule has 0 bridgehead atoms. The van der Waals surface area contributed by atoms with E-state index in [2.05, 4.69) is 4.98 Å². The molecule has 5 heteroatoms. The predicted octanol–water partition coefficient (Wildman–Crippen LogP) is 1.87. The highest BCUT2D eigenvalue weighted by Gasteiger charge is 2.03. The van der Waals surface area contributed by atoms with Gasteiger partial charge in [0.25, 0.3) is 5.56 Å². The molecule has 0 amide bonds. The molecule has 0 aliphatic rings. The van der Waals surface area contributed by atoms with Crippen molar-refractivity contribution in [1.82, 2.24) is 4.98 Å². The van der Waals surface area contributed by atoms with Gasteiger partial charge in [-0.1, -0.05) is 0 Å². The molecule has 0 radical (unpaired) electrons. The molecule has 17 heavy (non-hydrogen) atoms. The zero-order valence-electron chi connectivity index (χ0n) is 8.71. The zero-order chi connectivity index (χ0) is 12.3. The van der Waals surface area contributed by atoms with Crippen LogP contribution in [0.1, 0.15) is 10.4 Å². The molecule has 1 aromatic heterocycles. The lowest BCUT2D eigenvalue weighted by Crippen LogP contribution is -2.02. The van der Waals surface area contributed by atoms with Crippen LogP contribution in [0.3, 0.4) is 0 Å². The minimum absolute atomic E-state index is 0.184. The van der Waals surface area contributed by atoms with Crippen LogP contribution in [0.25, 0.3) is 0 Å². The third-order valence-corrected chi connectivity index (χ3v) is 2.08. The molecule has 0 saturated carbocycles. The van der Waals surface area contributed by atoms with E-state index >= 15 is 0 Å². The third kappa shape index (κ3) is 2.72. The Kier molecular flexibility index (Phi) is 2.91. The van der Waals surface area contributed by atoms with Crippen molar-refractivity contribution >= 4 is 5.97 Å². The van der Waals surface area contributed by atoms with Crippen LogP contribution in [0.4, 0.5) is 0 Å². The highest BCUT2D eigenvalue weighted by atomic mass is 16.5. The molecular formula is C12H9NO4. The van der Waals surface area contributed by atoms with Crippen molar-refractivity contribution in [2.45, 2.75) is 0 Å². The molecular weight excluding hydrogens is 222 g/mol. The van der Waals surface area contributed by atoms with Crippen molar-refractivity contribution in [2.75, 3.05) is 0 Å². The van der Waals surface area contributed by atoms with E-state index in [1.54, 1.807) is 6.07 Å². The summed E-state index contributed by atoms with van der Waals surface area (Å²) in [7, 11) is 0. The Morgan fingerprint density at radius 1 is 1.12 bits per heavy atom. The van der Waals surface area contributed by atoms with Gasteiger partial charge in [-0.2, -0.15) is 0 Å². The summed E-state index contributed by atoms with van der Waals surface area (Å²) in [6.07, 6.45) is 1.48. The van der Waals surface area contributed by atoms with Crippen LogP contribution in [0.5, 0.6) is 11.5 Å². The summed E-state index contributed by atoms with van der Waals surface area (Å²) >= 11 is 0. The molecule has 2 N–H and O–H groups in total. The summed E-state index contributed by atoms with van der Waals surface area (Å²) < 4.78 is 5.38. The summed E-state index contributed by atoms with van der Waals surface area (Å²) in [5.41, 5.74) is -0.0760. The Labute approximate surface area is 96.3 Å². The van der Waals surface area contributed by atoms with Crippen LogP contribution < -0.4 is 10.3 Å². The van der Waals surface area contributed by atoms with E-state index in [0.29, 0.717) is 11.5 Å². The van der Waals surface area contributed by atoms with Crippen molar-refractivity contribution in [3.05, 3.63) is 58.5 Å². The fourth-order valence-corrected chi connectivity index (χ4v) is 1.29. The molecule has 0 saturated heterocycles. The van der Waals surface area contributed by atoms with E-state index in [0.717, 1.165) is 0 Å². The van der Waals surface area contributed by atoms with Crippen LogP contribution >= 0.6 is 0 Å². The maximum absolute atomic E-state index is 11.0. The number of carboxylic acid groups (broad SMARTS) is 1. The van der Waals surface area contributed by atoms with Crippen LogP contribution in [0.15, 0.2) is 47.4 Å². The average molecular weight is 231 g/mol. The minimum Gasteiger partial charge on any atom is -0.478 e. The van der Waals surface area contributed by atoms with E-state index in [4.69, 9.17) is 9.84 Å². The number of carboxylic acids is 1. The number of hydrogen-bond acceptors (Lipinski definition) is 3. The van der Waals surface area contributed by atoms with Gasteiger partial charge in [0.2, 0.25) is 0 Å². The molecule has 5 nitrogen and oxygen atoms in total. The van der Waals surface area contributed by atoms with E-state index < -0.39 is 5.97 Å². The normalized spacial score (nSPS) is 9.88. The first-order chi connectivity index (χ1) is 8.15. The summed E-state index contributed by atoms with van der Waals surface area (Å²) in [6.45, 7) is 0. The number of aromatic amines is 1. The molecule has 1 heterocycles. The fourth-order valence-electron chi connectivity index (χ4n) is 1.29. The van der Waals surface area contributed by atoms with Gasteiger partial charge in [0.15, 0.2) is 0 Å². The number of aromatic carboxylic acids is 1. The molecule has 2 rings (SSSR count). The molecule has 0 fully saturated rings. The number of ether oxygens (including phenoxy) is 1. The van der Waals surface area contributed by atoms with Crippen LogP contribution in [-0.2, 0) is 0 Å². The van der Waals surface area contributed by atoms with Gasteiger partial charge in [-0.3, -0.25) is 4.79 Å². The first-order valence-electron chi connectivity index (χ1n) is 4.85. The lowest BCUT2D eigenvalue weighted by atomic mass is 10.2. The highest BCUT2D eigenvalue weighted by molar-refractivity contribution is 5.87. The van der Waals surface area contributed by atoms with Crippen LogP contribution in [0.2, 0.25) is 0 Å². The largest absolute Gasteiger partial charge is 0.478 e. The zero-order valence-corrected chi connectivity index (χ0v) is 8.71. The summed E-state index contributed by atoms with van der Waals surface area (Å²) in [5, 5.41) is 8.72. The van der Waals surface area contributed by atoms with Crippen molar-refractivity contribution in [1.29, 1.82) is 0 Å². The van der Waals surface area contributed by atoms with Gasteiger partial charge in [0.05, 0.1) is 5.56 Å². The number of hydrogen-bond donors (Lipinski definition) is 2. The van der Waals surface area contributed by atoms with Crippen molar-refractivity contribution < 1.29 is 14.6 Å². The van der Waals surface area contributed by atoms with Gasteiger partial charge in [-0.15, -0.1) is 0 Å². The van der Waals surface area contributed by atoms with Crippen LogP contribution in [0, 0.1) is 0 Å². The van der Waals surface area contributed by atoms with Gasteiger partial charge in [-0.05, 0) is 30.3 Å². The average Bonchev–Trinajstić information content (AvgIpc) is 2.29. The second-order valence-corrected chi connectivity index (χ2v) is 3.32. The first kappa shape index (κ1) is 10.9. The van der Waals surface area contributed by atoms with Crippen molar-refractivity contribution in [3.8, 4) is 11.5 Å². The van der Waals surface area contributed by atoms with Gasteiger partial charge in [0, 0.05) is 12.3 Å². The Hall–Kier alpha value is -2.56. The topological polar surface area (TPSA) is 79.4 Å². The highest BCUT2D eigenvalue weighted by Crippen LogP contribution is 2.19. The second kappa shape index (κ2) is 4.52. The molecule has 0 aliphatic heterocycles. The number of pyridine rings is 1. The summed E-state index contributed by atoms with van der Waals surface area (Å²) in [6, 6.07) is 8.85. The number of H-pyrrole nitrogens is 1. The Morgan fingerprint density at radius 3 is 2.41 bits per heavy atom. The maximum Gasteiger partial charge on any atom is 0.335 e. The first-order valence-corrected chi connectivity index (χ1v) is 4.85. The molecule has 0 atom stereocenters. The van der Waals surface area contributed by atoms with E-state index in [9.17, 15) is 9.59 Å². The molecule has 1 aromatic carbocycles. The quantitative estimate of drug-likeness (QED) is 0.845. The number of rotatable bonds is 3. The van der Waals surface area contributed by atoms with E-state index in [1.165, 1.54) is 36.5 Å². The monoisotopic (exact) mass is 231 g/mol. The van der Waals surface area contributed by atoms with Crippen molar-refractivity contribution in [2.24, 2.45) is 0 Å². The SMILES string of the molecule is O=C(O)c1ccc(Oc2cc[nH]c(=O)c2)cc1. The second-order valence-electron chi connectivity index (χ2n) is 3.32. The summed E-state index contributed by atoms with van der Waals surface area (Å²) in [4.78, 5) is 24.1. The molecule has 86 valence electrons. The van der Waals surface area contributed by atoms with Crippen LogP contribution in [-0.4, -0.2) is 16.1 Å². The third-order valence-electron chi connectivity index (χ3n) is 2.08. The minimum atomic E-state index is -0.993. The molecule has 0 spiro atoms. The summed E-state index contributed by atoms with van der Waals surface area (Å²) in [5.74, 6) is -0.120. The number of benzene rings is 1. The van der Waals surface area contributed by atoms with Gasteiger partial charge < -0.3 is 14.8 Å². The number of carbonyl (C=O) groups is 1. The molecule has 0 unspecified atom stereocenters. The lowest BCUT2D eigenvalue weighted by Gasteiger charge is -2.04. The van der Waals surface area contributed by atoms with Gasteiger partial charge in [-0.25, -0.2) is 4.79 Å². The molecule has 0 aliphatic carbocycles. The number of aromatic nitrogens is 1. The van der Waals surface area contributed by atoms with Gasteiger partial charge >= 0.3 is 5.97 Å². The number of nitrogens with one attached hydrogen (secondary N) is 1. The predicted molar refractivity (Wildman–Crippen MR) is 60.5 cm³/mol. The smallest absolute Gasteiger partial charge is 0.335 e. The lowest BCUT2D eigenvalue weighted by molar-refractivity contribution is 0.0697. The van der Waals surface area contributed by atoms with Crippen molar-refractivity contribution in [3.63, 3.8) is 0 Å². The molecule has 2 aromatic rings. The maximum atomic E-state index is 11.0. The Balaban J connectivity index is 2.19. The van der Waals surface area contributed by atoms with Gasteiger partial charge in [0.1, 0.15) is 11.5 Å². The van der Waals surface area contributed by atoms with E-state index in [-0.39, 0.29) is 11.1 Å². The van der Waals surface area contributed by atoms with E-state index in [1.807, 2.05) is 0 Å².